The Morgan fingerprint density at radius 2 is 1.43 bits per heavy atom. The molecule has 2 fully saturated rings. The number of aryl methyl sites for hydroxylation is 1. The molecule has 47 heavy (non-hydrogen) atoms. The van der Waals surface area contributed by atoms with Crippen molar-refractivity contribution in [2.75, 3.05) is 4.90 Å². The Kier molecular flexibility index (Phi) is 6.72. The number of nitrogens with zero attached hydrogens (tertiary/aromatic N) is 1. The zero-order valence-electron chi connectivity index (χ0n) is 25.9. The van der Waals surface area contributed by atoms with Crippen LogP contribution in [0.25, 0.3) is 5.57 Å². The number of phenols is 1. The van der Waals surface area contributed by atoms with Gasteiger partial charge in [0.2, 0.25) is 11.8 Å². The van der Waals surface area contributed by atoms with E-state index in [9.17, 15) is 19.5 Å². The molecule has 4 aromatic rings. The fraction of sp³-hybridized carbons (Fsp3) is 0.220. The molecule has 8 rings (SSSR count). The molecule has 4 aromatic carbocycles. The van der Waals surface area contributed by atoms with E-state index in [0.717, 1.165) is 16.7 Å². The lowest BCUT2D eigenvalue weighted by Gasteiger charge is -2.55. The topological polar surface area (TPSA) is 91.8 Å². The van der Waals surface area contributed by atoms with Gasteiger partial charge in [0, 0.05) is 17.4 Å². The average molecular weight is 620 g/mol. The molecule has 3 aliphatic carbocycles. The Hall–Kier alpha value is -5.36. The number of fused-ring (bicyclic) bond motifs is 4. The van der Waals surface area contributed by atoms with Crippen LogP contribution in [-0.2, 0) is 24.6 Å². The van der Waals surface area contributed by atoms with Crippen molar-refractivity contribution in [3.8, 4) is 5.75 Å². The van der Waals surface area contributed by atoms with Gasteiger partial charge in [0.05, 0.1) is 22.9 Å². The van der Waals surface area contributed by atoms with Crippen LogP contribution in [-0.4, -0.2) is 28.5 Å². The van der Waals surface area contributed by atoms with Gasteiger partial charge in [0.15, 0.2) is 11.6 Å². The molecule has 6 nitrogen and oxygen atoms in total. The Balaban J connectivity index is 1.37. The number of rotatable bonds is 4. The van der Waals surface area contributed by atoms with Crippen molar-refractivity contribution in [1.29, 1.82) is 0 Å². The zero-order valence-corrected chi connectivity index (χ0v) is 25.9. The SMILES string of the molecule is Cc1cc([C@H]2C3=CC[C@@H]4C(=O)N(c5ccccc5)C(=O)[C@@H]4[C@@H]3C[C@H]3C(=O)C(c4ccccc4)=CC(=O)[C@@]23c2ccccc2)ccc1O. The highest BCUT2D eigenvalue weighted by Gasteiger charge is 2.66. The highest BCUT2D eigenvalue weighted by atomic mass is 16.3. The van der Waals surface area contributed by atoms with Crippen LogP contribution >= 0.6 is 0 Å². The van der Waals surface area contributed by atoms with Crippen LogP contribution in [0.15, 0.2) is 127 Å². The molecular weight excluding hydrogens is 586 g/mol. The zero-order chi connectivity index (χ0) is 32.4. The van der Waals surface area contributed by atoms with Crippen LogP contribution in [0.5, 0.6) is 5.75 Å². The average Bonchev–Trinajstić information content (AvgIpc) is 3.36. The summed E-state index contributed by atoms with van der Waals surface area (Å²) in [5, 5.41) is 10.5. The molecule has 1 saturated carbocycles. The molecule has 2 amide bonds. The molecule has 1 aliphatic heterocycles. The lowest BCUT2D eigenvalue weighted by molar-refractivity contribution is -0.135. The van der Waals surface area contributed by atoms with Gasteiger partial charge in [-0.2, -0.15) is 0 Å². The normalized spacial score (nSPS) is 28.3. The second-order valence-electron chi connectivity index (χ2n) is 13.2. The van der Waals surface area contributed by atoms with E-state index in [1.807, 2.05) is 97.9 Å². The van der Waals surface area contributed by atoms with Crippen molar-refractivity contribution in [3.05, 3.63) is 149 Å². The summed E-state index contributed by atoms with van der Waals surface area (Å²) in [6, 6.07) is 33.1. The van der Waals surface area contributed by atoms with Gasteiger partial charge in [0.1, 0.15) is 5.75 Å². The summed E-state index contributed by atoms with van der Waals surface area (Å²) in [5.74, 6) is -3.71. The van der Waals surface area contributed by atoms with Gasteiger partial charge in [-0.15, -0.1) is 0 Å². The third kappa shape index (κ3) is 4.17. The molecule has 232 valence electrons. The van der Waals surface area contributed by atoms with E-state index in [1.54, 1.807) is 18.2 Å². The van der Waals surface area contributed by atoms with Crippen molar-refractivity contribution in [2.24, 2.45) is 23.7 Å². The predicted octanol–water partition coefficient (Wildman–Crippen LogP) is 6.73. The Morgan fingerprint density at radius 3 is 2.11 bits per heavy atom. The Morgan fingerprint density at radius 1 is 0.766 bits per heavy atom. The third-order valence-electron chi connectivity index (χ3n) is 10.9. The quantitative estimate of drug-likeness (QED) is 0.202. The van der Waals surface area contributed by atoms with Crippen LogP contribution in [0.3, 0.4) is 0 Å². The highest BCUT2D eigenvalue weighted by molar-refractivity contribution is 6.32. The largest absolute Gasteiger partial charge is 0.508 e. The van der Waals surface area contributed by atoms with E-state index in [-0.39, 0.29) is 35.6 Å². The number of carbonyl (C=O) groups excluding carboxylic acids is 4. The number of allylic oxidation sites excluding steroid dienone is 4. The molecule has 0 radical (unpaired) electrons. The molecular formula is C41H33NO5. The number of para-hydroxylation sites is 1. The number of benzene rings is 4. The second-order valence-corrected chi connectivity index (χ2v) is 13.2. The summed E-state index contributed by atoms with van der Waals surface area (Å²) in [5.41, 5.74) is 3.38. The van der Waals surface area contributed by atoms with Crippen molar-refractivity contribution >= 4 is 34.6 Å². The monoisotopic (exact) mass is 619 g/mol. The molecule has 6 atom stereocenters. The maximum absolute atomic E-state index is 15.0. The standard InChI is InChI=1S/C41H33NO5/c1-24-21-26(17-20-34(24)43)37-29-18-19-30-36(40(47)42(39(30)46)28-15-9-4-10-16-28)32(29)22-33-38(45)31(25-11-5-2-6-12-25)23-35(44)41(33,37)27-13-7-3-8-14-27/h2-18,20-21,23,30,32-33,36-37,43H,19,22H2,1H3/t30-,32+,33-,36-,37-,41-/m0/s1. The number of ketones is 2. The number of hydrogen-bond donors (Lipinski definition) is 1. The minimum absolute atomic E-state index is 0.136. The summed E-state index contributed by atoms with van der Waals surface area (Å²) in [7, 11) is 0. The number of phenolic OH excluding ortho intramolecular Hbond substituents is 1. The minimum atomic E-state index is -1.29. The number of anilines is 1. The summed E-state index contributed by atoms with van der Waals surface area (Å²) >= 11 is 0. The molecule has 0 aromatic heterocycles. The summed E-state index contributed by atoms with van der Waals surface area (Å²) in [6.45, 7) is 1.81. The van der Waals surface area contributed by atoms with E-state index in [1.165, 1.54) is 11.0 Å². The van der Waals surface area contributed by atoms with Crippen LogP contribution in [0.4, 0.5) is 5.69 Å². The number of carbonyl (C=O) groups is 4. The van der Waals surface area contributed by atoms with Crippen molar-refractivity contribution in [1.82, 2.24) is 0 Å². The van der Waals surface area contributed by atoms with E-state index < -0.39 is 35.0 Å². The molecule has 0 unspecified atom stereocenters. The molecule has 0 spiro atoms. The van der Waals surface area contributed by atoms with Crippen molar-refractivity contribution in [3.63, 3.8) is 0 Å². The lowest BCUT2D eigenvalue weighted by Crippen LogP contribution is -2.58. The summed E-state index contributed by atoms with van der Waals surface area (Å²) in [4.78, 5) is 59.6. The number of aromatic hydroxyl groups is 1. The molecule has 1 saturated heterocycles. The molecule has 4 aliphatic rings. The number of Topliss-reactive ketones (excluding diaryl/α,β-unsaturated/α-hetero) is 1. The maximum atomic E-state index is 15.0. The van der Waals surface area contributed by atoms with Crippen LogP contribution in [0, 0.1) is 30.6 Å². The molecule has 6 heteroatoms. The van der Waals surface area contributed by atoms with Gasteiger partial charge in [-0.05, 0) is 72.2 Å². The van der Waals surface area contributed by atoms with Crippen molar-refractivity contribution in [2.45, 2.75) is 31.1 Å². The number of amides is 2. The first kappa shape index (κ1) is 29.1. The number of imide groups is 1. The van der Waals surface area contributed by atoms with E-state index in [0.29, 0.717) is 28.8 Å². The van der Waals surface area contributed by atoms with Gasteiger partial charge >= 0.3 is 0 Å². The smallest absolute Gasteiger partial charge is 0.238 e. The van der Waals surface area contributed by atoms with E-state index >= 15 is 4.79 Å². The molecule has 1 heterocycles. The van der Waals surface area contributed by atoms with E-state index in [4.69, 9.17) is 0 Å². The summed E-state index contributed by atoms with van der Waals surface area (Å²) < 4.78 is 0. The first-order valence-electron chi connectivity index (χ1n) is 16.2. The Labute approximate surface area is 273 Å². The first-order valence-corrected chi connectivity index (χ1v) is 16.2. The fourth-order valence-corrected chi connectivity index (χ4v) is 8.94. The second kappa shape index (κ2) is 10.9. The van der Waals surface area contributed by atoms with Gasteiger partial charge in [0.25, 0.3) is 0 Å². The van der Waals surface area contributed by atoms with Gasteiger partial charge in [-0.3, -0.25) is 24.1 Å². The highest BCUT2D eigenvalue weighted by Crippen LogP contribution is 2.63. The number of hydrogen-bond acceptors (Lipinski definition) is 5. The molecule has 0 bridgehead atoms. The summed E-state index contributed by atoms with van der Waals surface area (Å²) in [6.07, 6.45) is 4.20. The van der Waals surface area contributed by atoms with Gasteiger partial charge in [-0.1, -0.05) is 103 Å². The Bertz CT molecular complexity index is 2010. The minimum Gasteiger partial charge on any atom is -0.508 e. The van der Waals surface area contributed by atoms with Crippen LogP contribution in [0.2, 0.25) is 0 Å². The van der Waals surface area contributed by atoms with Crippen LogP contribution in [0.1, 0.15) is 41.0 Å². The van der Waals surface area contributed by atoms with Crippen molar-refractivity contribution < 1.29 is 24.3 Å². The van der Waals surface area contributed by atoms with Gasteiger partial charge in [-0.25, -0.2) is 0 Å². The van der Waals surface area contributed by atoms with Crippen LogP contribution < -0.4 is 4.90 Å². The first-order chi connectivity index (χ1) is 22.8. The predicted molar refractivity (Wildman–Crippen MR) is 178 cm³/mol. The fourth-order valence-electron chi connectivity index (χ4n) is 8.94. The maximum Gasteiger partial charge on any atom is 0.238 e. The van der Waals surface area contributed by atoms with E-state index in [2.05, 4.69) is 6.08 Å². The third-order valence-corrected chi connectivity index (χ3v) is 10.9. The molecule has 1 N–H and O–H groups in total. The van der Waals surface area contributed by atoms with Gasteiger partial charge < -0.3 is 5.11 Å². The lowest BCUT2D eigenvalue weighted by atomic mass is 9.44.